The summed E-state index contributed by atoms with van der Waals surface area (Å²) in [6, 6.07) is 3.23. The predicted octanol–water partition coefficient (Wildman–Crippen LogP) is 6.57. The molecule has 0 saturated carbocycles. The van der Waals surface area contributed by atoms with Crippen molar-refractivity contribution in [1.29, 1.82) is 5.26 Å². The van der Waals surface area contributed by atoms with Crippen molar-refractivity contribution in [3.63, 3.8) is 0 Å². The average molecular weight is 480 g/mol. The van der Waals surface area contributed by atoms with Gasteiger partial charge in [0.1, 0.15) is 15.7 Å². The highest BCUT2D eigenvalue weighted by molar-refractivity contribution is 9.12. The first-order valence-corrected chi connectivity index (χ1v) is 8.14. The van der Waals surface area contributed by atoms with Crippen LogP contribution < -0.4 is 0 Å². The van der Waals surface area contributed by atoms with Gasteiger partial charge < -0.3 is 0 Å². The van der Waals surface area contributed by atoms with Crippen molar-refractivity contribution in [2.75, 3.05) is 0 Å². The zero-order valence-corrected chi connectivity index (χ0v) is 15.7. The quantitative estimate of drug-likeness (QED) is 0.489. The Balaban J connectivity index is 2.67. The fourth-order valence-electron chi connectivity index (χ4n) is 1.78. The molecule has 0 saturated heterocycles. The number of alkyl halides is 3. The average Bonchev–Trinajstić information content (AvgIpc) is 2.88. The van der Waals surface area contributed by atoms with Crippen LogP contribution in [0.3, 0.4) is 0 Å². The normalized spacial score (nSPS) is 12.8. The Morgan fingerprint density at radius 3 is 2.17 bits per heavy atom. The van der Waals surface area contributed by atoms with Gasteiger partial charge in [-0.1, -0.05) is 46.4 Å². The fraction of sp³-hybridized carbons (Fsp3) is 0.0769. The van der Waals surface area contributed by atoms with Crippen molar-refractivity contribution in [3.8, 4) is 11.8 Å². The number of nitrogens with zero attached hydrogens (tertiary/aromatic N) is 3. The van der Waals surface area contributed by atoms with Gasteiger partial charge in [0.25, 0.3) is 0 Å². The highest BCUT2D eigenvalue weighted by Crippen LogP contribution is 2.38. The SMILES string of the molecule is N#Cc1nn(-c2c(Cl)cc(C(F)(F)F)cc2Cl)cc1/C(Cl)=C(\Cl)Br. The molecule has 0 unspecified atom stereocenters. The van der Waals surface area contributed by atoms with Crippen molar-refractivity contribution in [1.82, 2.24) is 9.78 Å². The first kappa shape index (κ1) is 19.4. The third-order valence-electron chi connectivity index (χ3n) is 2.80. The molecule has 1 heterocycles. The molecule has 1 aromatic carbocycles. The molecular weight excluding hydrogens is 477 g/mol. The molecule has 24 heavy (non-hydrogen) atoms. The summed E-state index contributed by atoms with van der Waals surface area (Å²) >= 11 is 26.5. The Morgan fingerprint density at radius 1 is 1.21 bits per heavy atom. The van der Waals surface area contributed by atoms with Crippen LogP contribution in [0.4, 0.5) is 13.2 Å². The van der Waals surface area contributed by atoms with E-state index in [1.165, 1.54) is 6.20 Å². The number of benzene rings is 1. The van der Waals surface area contributed by atoms with Crippen molar-refractivity contribution in [2.24, 2.45) is 0 Å². The molecule has 0 atom stereocenters. The molecule has 3 nitrogen and oxygen atoms in total. The first-order chi connectivity index (χ1) is 11.1. The second-order valence-corrected chi connectivity index (χ2v) is 7.13. The second kappa shape index (κ2) is 7.14. The molecule has 0 bridgehead atoms. The van der Waals surface area contributed by atoms with E-state index < -0.39 is 11.7 Å². The number of rotatable bonds is 2. The maximum absolute atomic E-state index is 12.8. The molecule has 0 N–H and O–H groups in total. The van der Waals surface area contributed by atoms with Crippen molar-refractivity contribution in [3.05, 3.63) is 49.1 Å². The summed E-state index contributed by atoms with van der Waals surface area (Å²) in [4.78, 5) is 0. The smallest absolute Gasteiger partial charge is 0.236 e. The maximum atomic E-state index is 12.8. The Bertz CT molecular complexity index is 857. The molecule has 0 radical (unpaired) electrons. The molecule has 1 aromatic heterocycles. The predicted molar refractivity (Wildman–Crippen MR) is 90.9 cm³/mol. The standard InChI is InChI=1S/C13H3BrCl4F3N3/c14-12(18)10(17)6-4-24(23-9(6)3-22)11-7(15)1-5(2-8(11)16)13(19,20)21/h1-2,4H/b12-10+. The number of halogens is 8. The van der Waals surface area contributed by atoms with E-state index in [9.17, 15) is 13.2 Å². The molecule has 2 aromatic rings. The van der Waals surface area contributed by atoms with Crippen LogP contribution in [0, 0.1) is 11.3 Å². The van der Waals surface area contributed by atoms with Gasteiger partial charge in [-0.05, 0) is 28.1 Å². The minimum atomic E-state index is -4.60. The molecule has 0 aliphatic heterocycles. The summed E-state index contributed by atoms with van der Waals surface area (Å²) in [5.74, 6) is 0. The van der Waals surface area contributed by atoms with Crippen LogP contribution in [-0.2, 0) is 6.18 Å². The monoisotopic (exact) mass is 477 g/mol. The van der Waals surface area contributed by atoms with Gasteiger partial charge in [-0.3, -0.25) is 0 Å². The zero-order chi connectivity index (χ0) is 18.2. The summed E-state index contributed by atoms with van der Waals surface area (Å²) in [6.45, 7) is 0. The first-order valence-electron chi connectivity index (χ1n) is 5.83. The van der Waals surface area contributed by atoms with Crippen molar-refractivity contribution in [2.45, 2.75) is 6.18 Å². The van der Waals surface area contributed by atoms with E-state index in [2.05, 4.69) is 21.0 Å². The van der Waals surface area contributed by atoms with Crippen LogP contribution in [0.2, 0.25) is 10.0 Å². The third-order valence-corrected chi connectivity index (χ3v) is 4.68. The van der Waals surface area contributed by atoms with Gasteiger partial charge in [0.05, 0.1) is 26.2 Å². The molecule has 0 spiro atoms. The minimum absolute atomic E-state index is 0.00127. The lowest BCUT2D eigenvalue weighted by Gasteiger charge is -2.12. The molecule has 2 rings (SSSR count). The lowest BCUT2D eigenvalue weighted by molar-refractivity contribution is -0.137. The van der Waals surface area contributed by atoms with E-state index in [-0.39, 0.29) is 36.0 Å². The Labute approximate surface area is 162 Å². The van der Waals surface area contributed by atoms with Crippen LogP contribution in [0.25, 0.3) is 10.7 Å². The highest BCUT2D eigenvalue weighted by atomic mass is 79.9. The van der Waals surface area contributed by atoms with Gasteiger partial charge in [-0.15, -0.1) is 0 Å². The van der Waals surface area contributed by atoms with E-state index in [1.54, 1.807) is 6.07 Å². The van der Waals surface area contributed by atoms with E-state index in [4.69, 9.17) is 51.7 Å². The topological polar surface area (TPSA) is 41.6 Å². The molecule has 0 aliphatic rings. The summed E-state index contributed by atoms with van der Waals surface area (Å²) in [7, 11) is 0. The summed E-state index contributed by atoms with van der Waals surface area (Å²) in [6.07, 6.45) is -3.32. The molecular formula is C13H3BrCl4F3N3. The molecule has 0 fully saturated rings. The molecule has 0 aliphatic carbocycles. The summed E-state index contributed by atoms with van der Waals surface area (Å²) < 4.78 is 39.4. The Morgan fingerprint density at radius 2 is 1.75 bits per heavy atom. The van der Waals surface area contributed by atoms with Gasteiger partial charge >= 0.3 is 6.18 Å². The number of aromatic nitrogens is 2. The van der Waals surface area contributed by atoms with Crippen LogP contribution >= 0.6 is 62.3 Å². The molecule has 0 amide bonds. The fourth-order valence-corrected chi connectivity index (χ4v) is 2.90. The third kappa shape index (κ3) is 3.84. The lowest BCUT2D eigenvalue weighted by atomic mass is 10.2. The van der Waals surface area contributed by atoms with Gasteiger partial charge in [0.2, 0.25) is 0 Å². The van der Waals surface area contributed by atoms with E-state index >= 15 is 0 Å². The van der Waals surface area contributed by atoms with Gasteiger partial charge in [0.15, 0.2) is 5.69 Å². The lowest BCUT2D eigenvalue weighted by Crippen LogP contribution is -2.07. The highest BCUT2D eigenvalue weighted by Gasteiger charge is 2.32. The zero-order valence-electron chi connectivity index (χ0n) is 11.1. The van der Waals surface area contributed by atoms with Crippen LogP contribution in [0.15, 0.2) is 22.3 Å². The van der Waals surface area contributed by atoms with Crippen LogP contribution in [0.5, 0.6) is 0 Å². The van der Waals surface area contributed by atoms with E-state index in [1.807, 2.05) is 0 Å². The van der Waals surface area contributed by atoms with Gasteiger partial charge in [0, 0.05) is 6.20 Å². The second-order valence-electron chi connectivity index (χ2n) is 4.31. The number of nitriles is 1. The van der Waals surface area contributed by atoms with Crippen molar-refractivity contribution < 1.29 is 13.2 Å². The maximum Gasteiger partial charge on any atom is 0.416 e. The molecule has 126 valence electrons. The van der Waals surface area contributed by atoms with Gasteiger partial charge in [-0.25, -0.2) is 4.68 Å². The van der Waals surface area contributed by atoms with Crippen molar-refractivity contribution >= 4 is 67.4 Å². The Kier molecular flexibility index (Phi) is 5.78. The Hall–Kier alpha value is -0.910. The molecule has 11 heteroatoms. The van der Waals surface area contributed by atoms with Gasteiger partial charge in [-0.2, -0.15) is 23.5 Å². The number of hydrogen-bond donors (Lipinski definition) is 0. The van der Waals surface area contributed by atoms with E-state index in [0.717, 1.165) is 4.68 Å². The summed E-state index contributed by atoms with van der Waals surface area (Å²) in [5, 5.41) is 12.5. The minimum Gasteiger partial charge on any atom is -0.236 e. The largest absolute Gasteiger partial charge is 0.416 e. The summed E-state index contributed by atoms with van der Waals surface area (Å²) in [5.41, 5.74) is -0.975. The van der Waals surface area contributed by atoms with Crippen LogP contribution in [0.1, 0.15) is 16.8 Å². The number of hydrogen-bond acceptors (Lipinski definition) is 2. The van der Waals surface area contributed by atoms with E-state index in [0.29, 0.717) is 12.1 Å². The van der Waals surface area contributed by atoms with Crippen LogP contribution in [-0.4, -0.2) is 9.78 Å².